The van der Waals surface area contributed by atoms with Crippen LogP contribution in [0.1, 0.15) is 5.56 Å². The van der Waals surface area contributed by atoms with Gasteiger partial charge in [0.1, 0.15) is 11.4 Å². The molecule has 1 aliphatic rings. The van der Waals surface area contributed by atoms with Crippen LogP contribution in [0.25, 0.3) is 6.08 Å². The fraction of sp³-hybridized carbons (Fsp3) is 0.0417. The van der Waals surface area contributed by atoms with Gasteiger partial charge in [-0.05, 0) is 42.5 Å². The summed E-state index contributed by atoms with van der Waals surface area (Å²) in [6.07, 6.45) is 1.17. The van der Waals surface area contributed by atoms with Crippen LogP contribution in [0.3, 0.4) is 0 Å². The van der Waals surface area contributed by atoms with Gasteiger partial charge in [-0.25, -0.2) is 9.40 Å². The van der Waals surface area contributed by atoms with Crippen molar-refractivity contribution in [1.82, 2.24) is 5.43 Å². The first-order valence-corrected chi connectivity index (χ1v) is 10.2. The quantitative estimate of drug-likeness (QED) is 0.233. The van der Waals surface area contributed by atoms with Gasteiger partial charge in [-0.15, -0.1) is 0 Å². The lowest BCUT2D eigenvalue weighted by Crippen LogP contribution is -2.35. The van der Waals surface area contributed by atoms with Crippen LogP contribution >= 0.6 is 0 Å². The summed E-state index contributed by atoms with van der Waals surface area (Å²) in [7, 11) is 0. The molecular weight excluding hydrogens is 459 g/mol. The second-order valence-electron chi connectivity index (χ2n) is 7.27. The van der Waals surface area contributed by atoms with E-state index in [1.54, 1.807) is 30.3 Å². The number of carbonyl (C=O) groups excluding carboxylic acids is 3. The molecule has 0 bridgehead atoms. The fourth-order valence-electron chi connectivity index (χ4n) is 3.30. The number of benzene rings is 3. The molecule has 0 aromatic heterocycles. The highest BCUT2D eigenvalue weighted by atomic mass is 19.1. The summed E-state index contributed by atoms with van der Waals surface area (Å²) in [4.78, 5) is 48.5. The molecule has 0 saturated carbocycles. The van der Waals surface area contributed by atoms with E-state index in [9.17, 15) is 28.9 Å². The molecule has 3 aromatic carbocycles. The van der Waals surface area contributed by atoms with Gasteiger partial charge in [0.15, 0.2) is 6.61 Å². The van der Waals surface area contributed by atoms with Crippen LogP contribution in [0.15, 0.2) is 78.4 Å². The zero-order valence-corrected chi connectivity index (χ0v) is 17.9. The fourth-order valence-corrected chi connectivity index (χ4v) is 3.30. The number of halogens is 1. The molecule has 4 rings (SSSR count). The molecule has 1 heterocycles. The van der Waals surface area contributed by atoms with Crippen molar-refractivity contribution in [3.8, 4) is 5.75 Å². The first-order valence-electron chi connectivity index (χ1n) is 10.2. The van der Waals surface area contributed by atoms with Crippen LogP contribution in [0, 0.1) is 15.9 Å². The lowest BCUT2D eigenvalue weighted by Gasteiger charge is -2.14. The third-order valence-electron chi connectivity index (χ3n) is 4.90. The van der Waals surface area contributed by atoms with Gasteiger partial charge in [-0.1, -0.05) is 30.3 Å². The summed E-state index contributed by atoms with van der Waals surface area (Å²) in [6.45, 7) is -0.616. The van der Waals surface area contributed by atoms with Crippen molar-refractivity contribution in [2.75, 3.05) is 16.9 Å². The van der Waals surface area contributed by atoms with E-state index in [0.29, 0.717) is 11.4 Å². The highest BCUT2D eigenvalue weighted by Crippen LogP contribution is 2.33. The summed E-state index contributed by atoms with van der Waals surface area (Å²) in [5.41, 5.74) is 2.51. The highest BCUT2D eigenvalue weighted by Gasteiger charge is 2.35. The Morgan fingerprint density at radius 3 is 2.46 bits per heavy atom. The second kappa shape index (κ2) is 9.83. The van der Waals surface area contributed by atoms with E-state index in [2.05, 4.69) is 10.7 Å². The van der Waals surface area contributed by atoms with Crippen LogP contribution in [0.5, 0.6) is 5.75 Å². The number of hydrogen-bond donors (Lipinski definition) is 2. The van der Waals surface area contributed by atoms with E-state index in [1.165, 1.54) is 36.4 Å². The predicted octanol–water partition coefficient (Wildman–Crippen LogP) is 3.21. The van der Waals surface area contributed by atoms with E-state index in [0.717, 1.165) is 17.1 Å². The van der Waals surface area contributed by atoms with Crippen LogP contribution in [0.2, 0.25) is 0 Å². The number of ether oxygens (including phenoxy) is 1. The smallest absolute Gasteiger partial charge is 0.311 e. The summed E-state index contributed by atoms with van der Waals surface area (Å²) in [6, 6.07) is 17.3. The number of hydrazine groups is 1. The molecule has 0 radical (unpaired) electrons. The number of para-hydroxylation sites is 2. The molecule has 11 heteroatoms. The normalized spacial score (nSPS) is 14.1. The molecule has 10 nitrogen and oxygen atoms in total. The Morgan fingerprint density at radius 2 is 1.77 bits per heavy atom. The Kier molecular flexibility index (Phi) is 6.49. The molecule has 0 atom stereocenters. The molecule has 176 valence electrons. The number of anilines is 2. The summed E-state index contributed by atoms with van der Waals surface area (Å²) >= 11 is 0. The van der Waals surface area contributed by atoms with Crippen molar-refractivity contribution in [2.45, 2.75) is 0 Å². The maximum absolute atomic E-state index is 13.0. The Morgan fingerprint density at radius 1 is 1.06 bits per heavy atom. The van der Waals surface area contributed by atoms with Gasteiger partial charge in [0.25, 0.3) is 17.7 Å². The number of nitrogens with one attached hydrogen (secondary N) is 2. The van der Waals surface area contributed by atoms with Crippen molar-refractivity contribution in [1.29, 1.82) is 0 Å². The van der Waals surface area contributed by atoms with Gasteiger partial charge in [-0.2, -0.15) is 0 Å². The molecule has 2 N–H and O–H groups in total. The first kappa shape index (κ1) is 23.1. The molecule has 0 unspecified atom stereocenters. The number of nitro benzene ring substituents is 1. The minimum absolute atomic E-state index is 0.0576. The summed E-state index contributed by atoms with van der Waals surface area (Å²) < 4.78 is 18.5. The lowest BCUT2D eigenvalue weighted by atomic mass is 10.1. The van der Waals surface area contributed by atoms with Gasteiger partial charge in [0.05, 0.1) is 10.6 Å². The van der Waals surface area contributed by atoms with Crippen LogP contribution in [-0.4, -0.2) is 29.3 Å². The van der Waals surface area contributed by atoms with E-state index in [-0.39, 0.29) is 16.9 Å². The minimum atomic E-state index is -0.706. The highest BCUT2D eigenvalue weighted by molar-refractivity contribution is 6.31. The molecule has 1 fully saturated rings. The largest absolute Gasteiger partial charge is 0.476 e. The van der Waals surface area contributed by atoms with E-state index in [1.807, 2.05) is 0 Å². The second-order valence-corrected chi connectivity index (χ2v) is 7.27. The van der Waals surface area contributed by atoms with E-state index in [4.69, 9.17) is 4.74 Å². The van der Waals surface area contributed by atoms with Crippen LogP contribution < -0.4 is 20.5 Å². The van der Waals surface area contributed by atoms with Gasteiger partial charge in [-0.3, -0.25) is 29.9 Å². The SMILES string of the molecule is O=C(COc1c(/C=C2/C(=O)NN(c3ccccc3)C2=O)cccc1[N+](=O)[O-])Nc1ccc(F)cc1. The van der Waals surface area contributed by atoms with Gasteiger partial charge in [0.2, 0.25) is 5.75 Å². The third-order valence-corrected chi connectivity index (χ3v) is 4.90. The third kappa shape index (κ3) is 5.14. The van der Waals surface area contributed by atoms with E-state index >= 15 is 0 Å². The van der Waals surface area contributed by atoms with Gasteiger partial charge in [0, 0.05) is 17.3 Å². The number of carbonyl (C=O) groups is 3. The summed E-state index contributed by atoms with van der Waals surface area (Å²) in [5, 5.41) is 15.1. The molecular formula is C24H17FN4O6. The Hall–Kier alpha value is -5.06. The van der Waals surface area contributed by atoms with Crippen LogP contribution in [-0.2, 0) is 14.4 Å². The van der Waals surface area contributed by atoms with Crippen molar-refractivity contribution < 1.29 is 28.4 Å². The van der Waals surface area contributed by atoms with Crippen molar-refractivity contribution >= 4 is 40.9 Å². The predicted molar refractivity (Wildman–Crippen MR) is 124 cm³/mol. The van der Waals surface area contributed by atoms with Crippen molar-refractivity contribution in [2.24, 2.45) is 0 Å². The minimum Gasteiger partial charge on any atom is -0.476 e. The van der Waals surface area contributed by atoms with Gasteiger partial charge >= 0.3 is 5.69 Å². The monoisotopic (exact) mass is 476 g/mol. The number of nitrogens with zero attached hydrogens (tertiary/aromatic N) is 2. The average molecular weight is 476 g/mol. The topological polar surface area (TPSA) is 131 Å². The van der Waals surface area contributed by atoms with Crippen molar-refractivity contribution in [3.05, 3.63) is 99.9 Å². The Balaban J connectivity index is 1.59. The standard InChI is InChI=1S/C24H17FN4O6/c25-16-9-11-17(12-10-16)26-21(30)14-35-22-15(5-4-8-20(22)29(33)34)13-19-23(31)27-28(24(19)32)18-6-2-1-3-7-18/h1-13H,14H2,(H,26,30)(H,27,31)/b19-13-. The maximum Gasteiger partial charge on any atom is 0.311 e. The zero-order valence-electron chi connectivity index (χ0n) is 17.9. The lowest BCUT2D eigenvalue weighted by molar-refractivity contribution is -0.385. The number of amides is 3. The molecule has 1 aliphatic heterocycles. The summed E-state index contributed by atoms with van der Waals surface area (Å²) in [5.74, 6) is -2.79. The number of nitro groups is 1. The Labute approximate surface area is 197 Å². The maximum atomic E-state index is 13.0. The molecule has 0 spiro atoms. The van der Waals surface area contributed by atoms with Crippen LogP contribution in [0.4, 0.5) is 21.5 Å². The molecule has 1 saturated heterocycles. The number of hydrogen-bond acceptors (Lipinski definition) is 6. The van der Waals surface area contributed by atoms with Crippen molar-refractivity contribution in [3.63, 3.8) is 0 Å². The van der Waals surface area contributed by atoms with Gasteiger partial charge < -0.3 is 10.1 Å². The molecule has 35 heavy (non-hydrogen) atoms. The molecule has 3 aromatic rings. The Bertz CT molecular complexity index is 1340. The molecule has 3 amide bonds. The average Bonchev–Trinajstić information content (AvgIpc) is 3.13. The molecule has 0 aliphatic carbocycles. The van der Waals surface area contributed by atoms with E-state index < -0.39 is 40.8 Å². The zero-order chi connectivity index (χ0) is 24.9. The number of rotatable bonds is 7. The first-order chi connectivity index (χ1) is 16.8.